The van der Waals surface area contributed by atoms with Gasteiger partial charge in [-0.15, -0.1) is 0 Å². The summed E-state index contributed by atoms with van der Waals surface area (Å²) >= 11 is 0. The molecule has 1 aromatic carbocycles. The lowest BCUT2D eigenvalue weighted by Crippen LogP contribution is -2.51. The van der Waals surface area contributed by atoms with Gasteiger partial charge in [-0.05, 0) is 12.1 Å². The number of nitro groups is 1. The smallest absolute Gasteiger partial charge is 0.460 e. The molecule has 6 heteroatoms. The number of hydrogen-bond acceptors (Lipinski definition) is 4. The fraction of sp³-hybridized carbons (Fsp3) is 0.300. The van der Waals surface area contributed by atoms with Crippen LogP contribution in [-0.4, -0.2) is 21.7 Å². The molecule has 0 saturated heterocycles. The van der Waals surface area contributed by atoms with E-state index in [1.54, 1.807) is 18.2 Å². The second kappa shape index (κ2) is 4.61. The van der Waals surface area contributed by atoms with Gasteiger partial charge < -0.3 is 9.84 Å². The Morgan fingerprint density at radius 3 is 2.44 bits per heavy atom. The molecule has 0 radical (unpaired) electrons. The molecule has 0 aromatic heterocycles. The molecule has 0 bridgehead atoms. The summed E-state index contributed by atoms with van der Waals surface area (Å²) in [5.74, 6) is -1.45. The molecule has 0 aliphatic heterocycles. The third kappa shape index (κ3) is 2.10. The lowest BCUT2D eigenvalue weighted by molar-refractivity contribution is -0.599. The van der Waals surface area contributed by atoms with E-state index in [4.69, 9.17) is 9.84 Å². The molecular weight excluding hydrogens is 214 g/mol. The second-order valence-electron chi connectivity index (χ2n) is 3.12. The number of para-hydroxylation sites is 1. The average Bonchev–Trinajstić information content (AvgIpc) is 2.26. The van der Waals surface area contributed by atoms with Gasteiger partial charge in [-0.25, -0.2) is 4.79 Å². The molecule has 0 aliphatic carbocycles. The summed E-state index contributed by atoms with van der Waals surface area (Å²) < 4.78 is 4.98. The number of carboxylic acids is 1. The predicted molar refractivity (Wildman–Crippen MR) is 54.7 cm³/mol. The quantitative estimate of drug-likeness (QED) is 0.466. The first-order chi connectivity index (χ1) is 7.53. The Balaban J connectivity index is 3.04. The first kappa shape index (κ1) is 12.0. The maximum absolute atomic E-state index is 10.9. The van der Waals surface area contributed by atoms with E-state index in [-0.39, 0.29) is 12.2 Å². The van der Waals surface area contributed by atoms with Crippen molar-refractivity contribution in [2.24, 2.45) is 0 Å². The van der Waals surface area contributed by atoms with Gasteiger partial charge >= 0.3 is 11.7 Å². The Labute approximate surface area is 91.6 Å². The van der Waals surface area contributed by atoms with E-state index in [1.165, 1.54) is 19.1 Å². The third-order valence-electron chi connectivity index (χ3n) is 2.14. The summed E-state index contributed by atoms with van der Waals surface area (Å²) in [6.07, 6.45) is -0.260. The summed E-state index contributed by atoms with van der Waals surface area (Å²) in [7, 11) is 0. The van der Waals surface area contributed by atoms with Crippen LogP contribution >= 0.6 is 0 Å². The molecule has 0 saturated carbocycles. The van der Waals surface area contributed by atoms with Crippen molar-refractivity contribution in [3.05, 3.63) is 40.4 Å². The fourth-order valence-electron chi connectivity index (χ4n) is 1.20. The zero-order valence-corrected chi connectivity index (χ0v) is 8.62. The number of aliphatic carboxylic acids is 1. The van der Waals surface area contributed by atoms with E-state index in [1.807, 2.05) is 0 Å². The van der Waals surface area contributed by atoms with E-state index in [9.17, 15) is 14.9 Å². The van der Waals surface area contributed by atoms with Gasteiger partial charge in [0.05, 0.1) is 11.3 Å². The highest BCUT2D eigenvalue weighted by atomic mass is 16.7. The minimum absolute atomic E-state index is 0.156. The largest absolute Gasteiger partial charge is 0.473 e. The summed E-state index contributed by atoms with van der Waals surface area (Å²) in [5, 5.41) is 19.7. The molecule has 1 atom stereocenters. The van der Waals surface area contributed by atoms with E-state index in [0.717, 1.165) is 0 Å². The number of carboxylic acid groups (broad SMARTS) is 1. The van der Waals surface area contributed by atoms with Crippen molar-refractivity contribution in [1.29, 1.82) is 0 Å². The molecule has 1 N–H and O–H groups in total. The first-order valence-electron chi connectivity index (χ1n) is 4.65. The van der Waals surface area contributed by atoms with E-state index in [2.05, 4.69) is 0 Å². The Bertz CT molecular complexity index is 375. The Morgan fingerprint density at radius 2 is 2.06 bits per heavy atom. The van der Waals surface area contributed by atoms with Crippen molar-refractivity contribution in [3.8, 4) is 5.75 Å². The van der Waals surface area contributed by atoms with Crippen LogP contribution in [0.15, 0.2) is 30.3 Å². The Hall–Kier alpha value is -2.11. The average molecular weight is 225 g/mol. The highest BCUT2D eigenvalue weighted by Crippen LogP contribution is 2.22. The lowest BCUT2D eigenvalue weighted by atomic mass is 10.1. The third-order valence-corrected chi connectivity index (χ3v) is 2.14. The van der Waals surface area contributed by atoms with Crippen molar-refractivity contribution in [3.63, 3.8) is 0 Å². The van der Waals surface area contributed by atoms with Gasteiger partial charge in [0.1, 0.15) is 5.75 Å². The van der Waals surface area contributed by atoms with Crippen LogP contribution in [0.2, 0.25) is 0 Å². The van der Waals surface area contributed by atoms with Crippen molar-refractivity contribution >= 4 is 5.97 Å². The summed E-state index contributed by atoms with van der Waals surface area (Å²) in [4.78, 5) is 20.8. The van der Waals surface area contributed by atoms with Crippen molar-refractivity contribution in [2.75, 3.05) is 0 Å². The van der Waals surface area contributed by atoms with Crippen molar-refractivity contribution in [2.45, 2.75) is 19.1 Å². The van der Waals surface area contributed by atoms with Gasteiger partial charge in [-0.3, -0.25) is 10.1 Å². The van der Waals surface area contributed by atoms with Crippen molar-refractivity contribution in [1.82, 2.24) is 0 Å². The number of benzene rings is 1. The number of hydrogen-bond donors (Lipinski definition) is 1. The molecule has 16 heavy (non-hydrogen) atoms. The van der Waals surface area contributed by atoms with Crippen LogP contribution in [0.3, 0.4) is 0 Å². The molecule has 1 unspecified atom stereocenters. The predicted octanol–water partition coefficient (Wildman–Crippen LogP) is 1.53. The minimum atomic E-state index is -2.42. The van der Waals surface area contributed by atoms with Gasteiger partial charge in [-0.2, -0.15) is 0 Å². The molecule has 0 aliphatic rings. The van der Waals surface area contributed by atoms with Crippen LogP contribution in [-0.2, 0) is 4.79 Å². The molecule has 1 rings (SSSR count). The molecule has 0 spiro atoms. The normalized spacial score (nSPS) is 13.8. The highest BCUT2D eigenvalue weighted by Gasteiger charge is 2.53. The Kier molecular flexibility index (Phi) is 3.44. The molecule has 86 valence electrons. The number of carbonyl (C=O) groups is 1. The topological polar surface area (TPSA) is 89.7 Å². The van der Waals surface area contributed by atoms with Crippen LogP contribution in [0.5, 0.6) is 5.75 Å². The minimum Gasteiger partial charge on any atom is -0.473 e. The summed E-state index contributed by atoms with van der Waals surface area (Å²) in [6, 6.07) is 7.86. The van der Waals surface area contributed by atoms with Gasteiger partial charge in [0.2, 0.25) is 0 Å². The molecule has 1 aromatic rings. The second-order valence-corrected chi connectivity index (χ2v) is 3.12. The van der Waals surface area contributed by atoms with E-state index < -0.39 is 16.6 Å². The standard InChI is InChI=1S/C10H11NO5/c1-2-10(9(12)13,11(14)15)16-8-6-4-3-5-7-8/h3-7H,2H2,1H3,(H,12,13). The van der Waals surface area contributed by atoms with Gasteiger partial charge in [0.15, 0.2) is 0 Å². The van der Waals surface area contributed by atoms with Crippen LogP contribution in [0.25, 0.3) is 0 Å². The maximum Gasteiger partial charge on any atom is 0.460 e. The molecule has 0 amide bonds. The summed E-state index contributed by atoms with van der Waals surface area (Å²) in [5.41, 5.74) is -2.42. The number of nitrogens with zero attached hydrogens (tertiary/aromatic N) is 1. The lowest BCUT2D eigenvalue weighted by Gasteiger charge is -2.20. The van der Waals surface area contributed by atoms with Gasteiger partial charge in [-0.1, -0.05) is 25.1 Å². The van der Waals surface area contributed by atoms with Crippen molar-refractivity contribution < 1.29 is 19.6 Å². The first-order valence-corrected chi connectivity index (χ1v) is 4.65. The zero-order chi connectivity index (χ0) is 12.2. The molecule has 6 nitrogen and oxygen atoms in total. The van der Waals surface area contributed by atoms with Crippen LogP contribution in [0.4, 0.5) is 0 Å². The fourth-order valence-corrected chi connectivity index (χ4v) is 1.20. The Morgan fingerprint density at radius 1 is 1.50 bits per heavy atom. The van der Waals surface area contributed by atoms with E-state index in [0.29, 0.717) is 0 Å². The SMILES string of the molecule is CCC(Oc1ccccc1)(C(=O)O)[N+](=O)[O-]. The number of rotatable bonds is 5. The molecule has 0 fully saturated rings. The highest BCUT2D eigenvalue weighted by molar-refractivity contribution is 5.75. The maximum atomic E-state index is 10.9. The zero-order valence-electron chi connectivity index (χ0n) is 8.62. The van der Waals surface area contributed by atoms with Gasteiger partial charge in [0.25, 0.3) is 0 Å². The van der Waals surface area contributed by atoms with Crippen LogP contribution in [0.1, 0.15) is 13.3 Å². The van der Waals surface area contributed by atoms with Crippen LogP contribution in [0, 0.1) is 10.1 Å². The molecular formula is C10H11NO5. The van der Waals surface area contributed by atoms with Gasteiger partial charge in [0, 0.05) is 0 Å². The molecule has 0 heterocycles. The van der Waals surface area contributed by atoms with Crippen LogP contribution < -0.4 is 4.74 Å². The van der Waals surface area contributed by atoms with E-state index >= 15 is 0 Å². The monoisotopic (exact) mass is 225 g/mol. The summed E-state index contributed by atoms with van der Waals surface area (Å²) in [6.45, 7) is 1.39. The number of ether oxygens (including phenoxy) is 1.